The van der Waals surface area contributed by atoms with Gasteiger partial charge in [0.2, 0.25) is 0 Å². The molecular weight excluding hydrogens is 354 g/mol. The average molecular weight is 378 g/mol. The molecule has 2 aromatic rings. The predicted molar refractivity (Wildman–Crippen MR) is 101 cm³/mol. The van der Waals surface area contributed by atoms with E-state index >= 15 is 0 Å². The van der Waals surface area contributed by atoms with Crippen LogP contribution in [0.4, 0.5) is 5.82 Å². The molecule has 0 atom stereocenters. The molecule has 1 aromatic heterocycles. The van der Waals surface area contributed by atoms with Gasteiger partial charge in [-0.1, -0.05) is 30.9 Å². The highest BCUT2D eigenvalue weighted by molar-refractivity contribution is 6.32. The van der Waals surface area contributed by atoms with Crippen LogP contribution >= 0.6 is 11.6 Å². The van der Waals surface area contributed by atoms with Crippen LogP contribution < -0.4 is 14.8 Å². The molecule has 3 rings (SSSR count). The van der Waals surface area contributed by atoms with Crippen LogP contribution in [0.15, 0.2) is 24.4 Å². The van der Waals surface area contributed by atoms with E-state index in [-0.39, 0.29) is 5.91 Å². The molecule has 0 unspecified atom stereocenters. The Balaban J connectivity index is 1.81. The van der Waals surface area contributed by atoms with Gasteiger partial charge in [-0.3, -0.25) is 4.79 Å². The first-order chi connectivity index (χ1) is 12.6. The normalized spacial score (nSPS) is 14.9. The van der Waals surface area contributed by atoms with Gasteiger partial charge in [0.1, 0.15) is 5.82 Å². The van der Waals surface area contributed by atoms with Crippen molar-refractivity contribution in [1.82, 2.24) is 9.78 Å². The molecule has 1 fully saturated rings. The van der Waals surface area contributed by atoms with Crippen molar-refractivity contribution in [2.45, 2.75) is 45.1 Å². The van der Waals surface area contributed by atoms with Gasteiger partial charge in [-0.2, -0.15) is 5.10 Å². The van der Waals surface area contributed by atoms with Crippen LogP contribution in [0.5, 0.6) is 11.5 Å². The number of rotatable bonds is 6. The quantitative estimate of drug-likeness (QED) is 0.792. The van der Waals surface area contributed by atoms with E-state index in [0.29, 0.717) is 40.6 Å². The Morgan fingerprint density at radius 1 is 1.35 bits per heavy atom. The van der Waals surface area contributed by atoms with Gasteiger partial charge in [0.25, 0.3) is 5.91 Å². The SMILES string of the molecule is CCOc1c(Cl)cc(C(=O)Nc2ccnn2C2CCCCC2)cc1OC. The molecule has 6 nitrogen and oxygen atoms in total. The fourth-order valence-corrected chi connectivity index (χ4v) is 3.62. The maximum absolute atomic E-state index is 12.7. The van der Waals surface area contributed by atoms with E-state index in [4.69, 9.17) is 21.1 Å². The number of hydrogen-bond donors (Lipinski definition) is 1. The van der Waals surface area contributed by atoms with Crippen molar-refractivity contribution < 1.29 is 14.3 Å². The number of amides is 1. The van der Waals surface area contributed by atoms with E-state index in [0.717, 1.165) is 12.8 Å². The standard InChI is InChI=1S/C19H24ClN3O3/c1-3-26-18-15(20)11-13(12-16(18)25-2)19(24)22-17-9-10-21-23(17)14-7-5-4-6-8-14/h9-12,14H,3-8H2,1-2H3,(H,22,24). The van der Waals surface area contributed by atoms with Gasteiger partial charge in [0.15, 0.2) is 11.5 Å². The molecule has 0 radical (unpaired) electrons. The molecule has 1 aliphatic rings. The summed E-state index contributed by atoms with van der Waals surface area (Å²) in [7, 11) is 1.52. The first-order valence-electron chi connectivity index (χ1n) is 8.99. The lowest BCUT2D eigenvalue weighted by Gasteiger charge is -2.24. The lowest BCUT2D eigenvalue weighted by molar-refractivity contribution is 0.102. The number of aromatic nitrogens is 2. The van der Waals surface area contributed by atoms with Gasteiger partial charge in [-0.25, -0.2) is 4.68 Å². The maximum atomic E-state index is 12.7. The highest BCUT2D eigenvalue weighted by atomic mass is 35.5. The largest absolute Gasteiger partial charge is 0.493 e. The molecule has 0 aliphatic heterocycles. The van der Waals surface area contributed by atoms with E-state index in [1.54, 1.807) is 18.3 Å². The summed E-state index contributed by atoms with van der Waals surface area (Å²) in [6, 6.07) is 5.38. The Bertz CT molecular complexity index is 769. The molecule has 0 saturated heterocycles. The molecule has 1 aliphatic carbocycles. The highest BCUT2D eigenvalue weighted by Gasteiger charge is 2.21. The summed E-state index contributed by atoms with van der Waals surface area (Å²) in [4.78, 5) is 12.7. The lowest BCUT2D eigenvalue weighted by Crippen LogP contribution is -2.20. The van der Waals surface area contributed by atoms with Crippen LogP contribution in [-0.4, -0.2) is 29.4 Å². The molecule has 26 heavy (non-hydrogen) atoms. The summed E-state index contributed by atoms with van der Waals surface area (Å²) in [6.45, 7) is 2.32. The minimum Gasteiger partial charge on any atom is -0.493 e. The zero-order valence-corrected chi connectivity index (χ0v) is 15.9. The predicted octanol–water partition coefficient (Wildman–Crippen LogP) is 4.70. The third-order valence-electron chi connectivity index (χ3n) is 4.61. The van der Waals surface area contributed by atoms with Crippen molar-refractivity contribution in [2.75, 3.05) is 19.0 Å². The number of nitrogens with one attached hydrogen (secondary N) is 1. The monoisotopic (exact) mass is 377 g/mol. The third kappa shape index (κ3) is 3.96. The minimum absolute atomic E-state index is 0.259. The second-order valence-electron chi connectivity index (χ2n) is 6.33. The number of hydrogen-bond acceptors (Lipinski definition) is 4. The van der Waals surface area contributed by atoms with E-state index < -0.39 is 0 Å². The summed E-state index contributed by atoms with van der Waals surface area (Å²) in [5.41, 5.74) is 0.409. The first-order valence-corrected chi connectivity index (χ1v) is 9.37. The molecule has 1 aromatic carbocycles. The molecule has 1 amide bonds. The van der Waals surface area contributed by atoms with E-state index in [2.05, 4.69) is 10.4 Å². The van der Waals surface area contributed by atoms with Crippen molar-refractivity contribution in [3.63, 3.8) is 0 Å². The van der Waals surface area contributed by atoms with Crippen LogP contribution in [0, 0.1) is 0 Å². The van der Waals surface area contributed by atoms with Crippen molar-refractivity contribution in [3.8, 4) is 11.5 Å². The second kappa shape index (κ2) is 8.45. The van der Waals surface area contributed by atoms with Gasteiger partial charge in [-0.15, -0.1) is 0 Å². The molecule has 1 heterocycles. The van der Waals surface area contributed by atoms with Gasteiger partial charge in [0, 0.05) is 11.6 Å². The Morgan fingerprint density at radius 3 is 2.81 bits per heavy atom. The van der Waals surface area contributed by atoms with Crippen LogP contribution in [0.3, 0.4) is 0 Å². The topological polar surface area (TPSA) is 65.4 Å². The van der Waals surface area contributed by atoms with Gasteiger partial charge in [0.05, 0.1) is 31.0 Å². The number of methoxy groups -OCH3 is 1. The Morgan fingerprint density at radius 2 is 2.12 bits per heavy atom. The van der Waals surface area contributed by atoms with Gasteiger partial charge in [-0.05, 0) is 31.9 Å². The number of carbonyl (C=O) groups excluding carboxylic acids is 1. The number of anilines is 1. The highest BCUT2D eigenvalue weighted by Crippen LogP contribution is 2.37. The minimum atomic E-state index is -0.259. The molecular formula is C19H24ClN3O3. The third-order valence-corrected chi connectivity index (χ3v) is 4.89. The first kappa shape index (κ1) is 18.6. The number of halogens is 1. The maximum Gasteiger partial charge on any atom is 0.257 e. The summed E-state index contributed by atoms with van der Waals surface area (Å²) < 4.78 is 12.7. The molecule has 0 spiro atoms. The zero-order chi connectivity index (χ0) is 18.5. The summed E-state index contributed by atoms with van der Waals surface area (Å²) in [6.07, 6.45) is 7.56. The fourth-order valence-electron chi connectivity index (χ4n) is 3.35. The van der Waals surface area contributed by atoms with Crippen molar-refractivity contribution in [2.24, 2.45) is 0 Å². The number of benzene rings is 1. The van der Waals surface area contributed by atoms with Gasteiger partial charge < -0.3 is 14.8 Å². The Kier molecular flexibility index (Phi) is 6.04. The molecule has 1 N–H and O–H groups in total. The molecule has 0 bridgehead atoms. The average Bonchev–Trinajstić information content (AvgIpc) is 3.12. The number of ether oxygens (including phenoxy) is 2. The summed E-state index contributed by atoms with van der Waals surface area (Å²) >= 11 is 6.27. The van der Waals surface area contributed by atoms with Crippen LogP contribution in [-0.2, 0) is 0 Å². The lowest BCUT2D eigenvalue weighted by atomic mass is 9.96. The van der Waals surface area contributed by atoms with E-state index in [1.165, 1.54) is 26.4 Å². The molecule has 1 saturated carbocycles. The van der Waals surface area contributed by atoms with Crippen LogP contribution in [0.25, 0.3) is 0 Å². The molecule has 7 heteroatoms. The van der Waals surface area contributed by atoms with Crippen LogP contribution in [0.1, 0.15) is 55.4 Å². The van der Waals surface area contributed by atoms with Crippen molar-refractivity contribution in [3.05, 3.63) is 35.0 Å². The Hall–Kier alpha value is -2.21. The second-order valence-corrected chi connectivity index (χ2v) is 6.74. The fraction of sp³-hybridized carbons (Fsp3) is 0.474. The van der Waals surface area contributed by atoms with Crippen molar-refractivity contribution in [1.29, 1.82) is 0 Å². The molecule has 140 valence electrons. The number of nitrogens with zero attached hydrogens (tertiary/aromatic N) is 2. The number of carbonyl (C=O) groups is 1. The zero-order valence-electron chi connectivity index (χ0n) is 15.1. The Labute approximate surface area is 158 Å². The van der Waals surface area contributed by atoms with E-state index in [1.807, 2.05) is 17.7 Å². The summed E-state index contributed by atoms with van der Waals surface area (Å²) in [5, 5.41) is 7.69. The van der Waals surface area contributed by atoms with Crippen molar-refractivity contribution >= 4 is 23.3 Å². The van der Waals surface area contributed by atoms with Gasteiger partial charge >= 0.3 is 0 Å². The van der Waals surface area contributed by atoms with Crippen LogP contribution in [0.2, 0.25) is 5.02 Å². The smallest absolute Gasteiger partial charge is 0.257 e. The summed E-state index contributed by atoms with van der Waals surface area (Å²) in [5.74, 6) is 1.32. The van der Waals surface area contributed by atoms with E-state index in [9.17, 15) is 4.79 Å².